The normalized spacial score (nSPS) is 21.9. The lowest BCUT2D eigenvalue weighted by atomic mass is 10.0. The molecular formula is C20H26N6O3S. The van der Waals surface area contributed by atoms with Crippen molar-refractivity contribution in [2.75, 3.05) is 11.9 Å². The summed E-state index contributed by atoms with van der Waals surface area (Å²) in [6.07, 6.45) is 6.44. The molecule has 0 spiro atoms. The summed E-state index contributed by atoms with van der Waals surface area (Å²) in [4.78, 5) is 17.8. The topological polar surface area (TPSA) is 124 Å². The number of fused-ring (bicyclic) bond motifs is 2. The molecule has 160 valence electrons. The van der Waals surface area contributed by atoms with Crippen molar-refractivity contribution < 1.29 is 13.7 Å². The number of aryl methyl sites for hydroxylation is 1. The van der Waals surface area contributed by atoms with Crippen LogP contribution in [0.1, 0.15) is 54.6 Å². The van der Waals surface area contributed by atoms with Gasteiger partial charge in [0.05, 0.1) is 25.0 Å². The highest BCUT2D eigenvalue weighted by atomic mass is 32.2. The Morgan fingerprint density at radius 1 is 1.40 bits per heavy atom. The van der Waals surface area contributed by atoms with Crippen molar-refractivity contribution in [1.29, 1.82) is 0 Å². The van der Waals surface area contributed by atoms with Gasteiger partial charge in [-0.1, -0.05) is 6.92 Å². The van der Waals surface area contributed by atoms with Crippen LogP contribution in [0.2, 0.25) is 0 Å². The third-order valence-corrected chi connectivity index (χ3v) is 7.33. The summed E-state index contributed by atoms with van der Waals surface area (Å²) in [6, 6.07) is -0.725. The predicted octanol–water partition coefficient (Wildman–Crippen LogP) is 2.91. The van der Waals surface area contributed by atoms with E-state index in [0.29, 0.717) is 24.9 Å². The first-order chi connectivity index (χ1) is 14.3. The molecular weight excluding hydrogens is 404 g/mol. The van der Waals surface area contributed by atoms with Crippen molar-refractivity contribution >= 4 is 21.6 Å². The van der Waals surface area contributed by atoms with E-state index >= 15 is 0 Å². The maximum atomic E-state index is 13.1. The standard InChI is InChI=1S/C20H26N6O3S/c1-11-9-26-19(29-10-11)16(8-22-26)30(21,28)25-20(27)24-18-12(2)17(13-6-7-13)23-15-5-3-4-14(15)18/h8,11,13H,3-7,9-10H2,1-2H3,(H3,21,23,24,25,27,28). The number of nitrogens with zero attached hydrogens (tertiary/aromatic N) is 4. The highest BCUT2D eigenvalue weighted by Crippen LogP contribution is 2.44. The molecule has 2 atom stereocenters. The predicted molar refractivity (Wildman–Crippen MR) is 112 cm³/mol. The van der Waals surface area contributed by atoms with E-state index < -0.39 is 15.9 Å². The fraction of sp³-hybridized carbons (Fsp3) is 0.550. The lowest BCUT2D eigenvalue weighted by Gasteiger charge is -2.21. The van der Waals surface area contributed by atoms with Gasteiger partial charge in [-0.3, -0.25) is 4.98 Å². The lowest BCUT2D eigenvalue weighted by molar-refractivity contribution is 0.171. The number of ether oxygens (including phenoxy) is 1. The summed E-state index contributed by atoms with van der Waals surface area (Å²) in [5, 5.41) is 13.1. The quantitative estimate of drug-likeness (QED) is 0.775. The maximum Gasteiger partial charge on any atom is 0.354 e. The molecule has 30 heavy (non-hydrogen) atoms. The monoisotopic (exact) mass is 430 g/mol. The number of carbonyl (C=O) groups is 1. The van der Waals surface area contributed by atoms with Gasteiger partial charge in [0.2, 0.25) is 5.88 Å². The number of carbonyl (C=O) groups excluding carboxylic acids is 1. The number of hydrogen-bond donors (Lipinski definition) is 2. The van der Waals surface area contributed by atoms with E-state index in [0.717, 1.165) is 60.3 Å². The van der Waals surface area contributed by atoms with Gasteiger partial charge in [-0.15, -0.1) is 4.36 Å². The van der Waals surface area contributed by atoms with Gasteiger partial charge in [0.1, 0.15) is 4.90 Å². The van der Waals surface area contributed by atoms with Crippen molar-refractivity contribution in [3.8, 4) is 5.88 Å². The first kappa shape index (κ1) is 19.5. The number of anilines is 1. The SMILES string of the molecule is Cc1c(C2CC2)nc2c(c1NC(=O)N=S(N)(=O)c1cnn3c1OCC(C)C3)CCC2. The van der Waals surface area contributed by atoms with E-state index in [4.69, 9.17) is 14.9 Å². The van der Waals surface area contributed by atoms with Crippen LogP contribution in [-0.4, -0.2) is 31.6 Å². The van der Waals surface area contributed by atoms with Crippen LogP contribution in [0.5, 0.6) is 5.88 Å². The van der Waals surface area contributed by atoms with Crippen LogP contribution in [0.15, 0.2) is 15.5 Å². The van der Waals surface area contributed by atoms with Gasteiger partial charge < -0.3 is 10.1 Å². The molecule has 2 unspecified atom stereocenters. The number of urea groups is 1. The number of pyridine rings is 1. The number of hydrogen-bond acceptors (Lipinski definition) is 5. The van der Waals surface area contributed by atoms with E-state index in [-0.39, 0.29) is 10.8 Å². The minimum atomic E-state index is -3.50. The van der Waals surface area contributed by atoms with Gasteiger partial charge in [0.25, 0.3) is 0 Å². The number of amides is 2. The van der Waals surface area contributed by atoms with Gasteiger partial charge in [-0.2, -0.15) is 5.10 Å². The second-order valence-electron chi connectivity index (χ2n) is 8.55. The van der Waals surface area contributed by atoms with Gasteiger partial charge in [0, 0.05) is 23.2 Å². The average Bonchev–Trinajstić information content (AvgIpc) is 3.25. The molecule has 10 heteroatoms. The van der Waals surface area contributed by atoms with Crippen LogP contribution < -0.4 is 15.2 Å². The molecule has 3 N–H and O–H groups in total. The van der Waals surface area contributed by atoms with Gasteiger partial charge in [0.15, 0.2) is 9.92 Å². The molecule has 3 aliphatic rings. The molecule has 0 saturated heterocycles. The van der Waals surface area contributed by atoms with Crippen molar-refractivity contribution in [2.45, 2.75) is 63.3 Å². The molecule has 2 amide bonds. The largest absolute Gasteiger partial charge is 0.477 e. The second-order valence-corrected chi connectivity index (χ2v) is 10.3. The maximum absolute atomic E-state index is 13.1. The van der Waals surface area contributed by atoms with Gasteiger partial charge in [-0.25, -0.2) is 18.8 Å². The van der Waals surface area contributed by atoms with Crippen LogP contribution >= 0.6 is 0 Å². The smallest absolute Gasteiger partial charge is 0.354 e. The molecule has 3 heterocycles. The second kappa shape index (κ2) is 7.05. The molecule has 9 nitrogen and oxygen atoms in total. The molecule has 1 aliphatic heterocycles. The minimum absolute atomic E-state index is 0.153. The fourth-order valence-electron chi connectivity index (χ4n) is 4.33. The summed E-state index contributed by atoms with van der Waals surface area (Å²) < 4.78 is 24.2. The number of rotatable bonds is 3. The Kier molecular flexibility index (Phi) is 4.59. The Bertz CT molecular complexity index is 1160. The first-order valence-corrected chi connectivity index (χ1v) is 12.0. The summed E-state index contributed by atoms with van der Waals surface area (Å²) in [6.45, 7) is 5.14. The summed E-state index contributed by atoms with van der Waals surface area (Å²) in [5.74, 6) is 1.09. The Morgan fingerprint density at radius 3 is 2.97 bits per heavy atom. The Hall–Kier alpha value is -2.46. The molecule has 5 rings (SSSR count). The summed E-state index contributed by atoms with van der Waals surface area (Å²) in [5.41, 5.74) is 4.91. The van der Waals surface area contributed by atoms with Crippen LogP contribution in [0.3, 0.4) is 0 Å². The number of aromatic nitrogens is 3. The zero-order valence-corrected chi connectivity index (χ0v) is 18.0. The zero-order chi connectivity index (χ0) is 21.0. The van der Waals surface area contributed by atoms with Gasteiger partial charge in [-0.05, 0) is 50.2 Å². The molecule has 1 fully saturated rings. The third kappa shape index (κ3) is 3.37. The van der Waals surface area contributed by atoms with E-state index in [2.05, 4.69) is 14.8 Å². The highest BCUT2D eigenvalue weighted by Gasteiger charge is 2.32. The van der Waals surface area contributed by atoms with Crippen molar-refractivity contribution in [3.05, 3.63) is 28.7 Å². The van der Waals surface area contributed by atoms with Gasteiger partial charge >= 0.3 is 6.03 Å². The molecule has 0 bridgehead atoms. The van der Waals surface area contributed by atoms with E-state index in [9.17, 15) is 9.00 Å². The van der Waals surface area contributed by atoms with Crippen LogP contribution in [0.25, 0.3) is 0 Å². The van der Waals surface area contributed by atoms with Crippen LogP contribution in [0, 0.1) is 12.8 Å². The zero-order valence-electron chi connectivity index (χ0n) is 17.2. The fourth-order valence-corrected chi connectivity index (χ4v) is 5.34. The van der Waals surface area contributed by atoms with Crippen molar-refractivity contribution in [1.82, 2.24) is 14.8 Å². The average molecular weight is 431 g/mol. The number of nitrogens with one attached hydrogen (secondary N) is 1. The van der Waals surface area contributed by atoms with Crippen molar-refractivity contribution in [3.63, 3.8) is 0 Å². The van der Waals surface area contributed by atoms with Crippen LogP contribution in [0.4, 0.5) is 10.5 Å². The molecule has 1 saturated carbocycles. The lowest BCUT2D eigenvalue weighted by Crippen LogP contribution is -2.25. The Labute approximate surface area is 175 Å². The summed E-state index contributed by atoms with van der Waals surface area (Å²) in [7, 11) is -3.50. The van der Waals surface area contributed by atoms with E-state index in [1.807, 2.05) is 13.8 Å². The summed E-state index contributed by atoms with van der Waals surface area (Å²) >= 11 is 0. The molecule has 0 aromatic carbocycles. The molecule has 2 aliphatic carbocycles. The Morgan fingerprint density at radius 2 is 2.20 bits per heavy atom. The van der Waals surface area contributed by atoms with E-state index in [1.165, 1.54) is 6.20 Å². The third-order valence-electron chi connectivity index (χ3n) is 5.98. The molecule has 2 aromatic heterocycles. The highest BCUT2D eigenvalue weighted by molar-refractivity contribution is 7.91. The first-order valence-electron chi connectivity index (χ1n) is 10.4. The minimum Gasteiger partial charge on any atom is -0.477 e. The molecule has 2 aromatic rings. The molecule has 0 radical (unpaired) electrons. The number of nitrogens with two attached hydrogens (primary N) is 1. The Balaban J connectivity index is 1.47. The van der Waals surface area contributed by atoms with Crippen molar-refractivity contribution in [2.24, 2.45) is 15.4 Å². The van der Waals surface area contributed by atoms with Crippen LogP contribution in [-0.2, 0) is 29.3 Å². The van der Waals surface area contributed by atoms with E-state index in [1.54, 1.807) is 4.68 Å².